The highest BCUT2D eigenvalue weighted by Gasteiger charge is 2.24. The zero-order valence-electron chi connectivity index (χ0n) is 15.9. The highest BCUT2D eigenvalue weighted by atomic mass is 32.1. The van der Waals surface area contributed by atoms with Crippen molar-refractivity contribution in [3.63, 3.8) is 0 Å². The van der Waals surface area contributed by atoms with Gasteiger partial charge in [0.1, 0.15) is 11.8 Å². The Kier molecular flexibility index (Phi) is 6.86. The van der Waals surface area contributed by atoms with Crippen LogP contribution in [0.5, 0.6) is 5.75 Å². The lowest BCUT2D eigenvalue weighted by atomic mass is 10.0. The van der Waals surface area contributed by atoms with E-state index >= 15 is 0 Å². The van der Waals surface area contributed by atoms with Crippen molar-refractivity contribution in [1.29, 1.82) is 0 Å². The van der Waals surface area contributed by atoms with Crippen molar-refractivity contribution in [1.82, 2.24) is 5.32 Å². The summed E-state index contributed by atoms with van der Waals surface area (Å²) >= 11 is 1.31. The van der Waals surface area contributed by atoms with Crippen molar-refractivity contribution in [3.05, 3.63) is 82.3 Å². The van der Waals surface area contributed by atoms with Crippen LogP contribution in [0.3, 0.4) is 0 Å². The van der Waals surface area contributed by atoms with Crippen LogP contribution < -0.4 is 15.4 Å². The van der Waals surface area contributed by atoms with Crippen LogP contribution in [0, 0.1) is 0 Å². The van der Waals surface area contributed by atoms with Crippen LogP contribution in [-0.4, -0.2) is 30.1 Å². The molecule has 1 aliphatic rings. The number of ether oxygens (including phenoxy) is 1. The van der Waals surface area contributed by atoms with Crippen molar-refractivity contribution in [3.8, 4) is 5.75 Å². The van der Waals surface area contributed by atoms with Crippen molar-refractivity contribution in [2.45, 2.75) is 18.9 Å². The fourth-order valence-corrected chi connectivity index (χ4v) is 3.47. The fraction of sp³-hybridized carbons (Fsp3) is 0.182. The largest absolute Gasteiger partial charge is 0.512 e. The zero-order chi connectivity index (χ0) is 20.6. The first-order valence-corrected chi connectivity index (χ1v) is 9.98. The monoisotopic (exact) mass is 410 g/mol. The van der Waals surface area contributed by atoms with E-state index in [1.807, 2.05) is 23.6 Å². The van der Waals surface area contributed by atoms with Gasteiger partial charge in [0.15, 0.2) is 0 Å². The van der Waals surface area contributed by atoms with Gasteiger partial charge in [-0.05, 0) is 35.2 Å². The molecular weight excluding hydrogens is 388 g/mol. The molecule has 3 N–H and O–H groups in total. The molecule has 0 saturated carbocycles. The Morgan fingerprint density at radius 1 is 1.21 bits per heavy atom. The van der Waals surface area contributed by atoms with E-state index < -0.39 is 6.04 Å². The van der Waals surface area contributed by atoms with E-state index in [4.69, 9.17) is 4.74 Å². The number of anilines is 1. The molecule has 150 valence electrons. The number of benzene rings is 1. The maximum atomic E-state index is 13.0. The molecule has 0 fully saturated rings. The molecule has 0 saturated heterocycles. The first kappa shape index (κ1) is 20.4. The number of nitrogens with one attached hydrogen (secondary N) is 2. The average Bonchev–Trinajstić information content (AvgIpc) is 3.19. The van der Waals surface area contributed by atoms with Gasteiger partial charge >= 0.3 is 0 Å². The summed E-state index contributed by atoms with van der Waals surface area (Å²) in [5, 5.41) is 17.1. The maximum Gasteiger partial charge on any atom is 0.262 e. The van der Waals surface area contributed by atoms with Crippen LogP contribution in [0.15, 0.2) is 77.4 Å². The summed E-state index contributed by atoms with van der Waals surface area (Å²) < 4.78 is 5.29. The Hall–Kier alpha value is -3.32. The first-order valence-electron chi connectivity index (χ1n) is 9.10. The topological polar surface area (TPSA) is 87.7 Å². The fourth-order valence-electron chi connectivity index (χ4n) is 2.84. The van der Waals surface area contributed by atoms with E-state index in [9.17, 15) is 14.7 Å². The van der Waals surface area contributed by atoms with Gasteiger partial charge in [0, 0.05) is 12.8 Å². The molecule has 0 spiro atoms. The van der Waals surface area contributed by atoms with Gasteiger partial charge in [-0.25, -0.2) is 0 Å². The van der Waals surface area contributed by atoms with Crippen LogP contribution in [0.25, 0.3) is 0 Å². The van der Waals surface area contributed by atoms with Gasteiger partial charge in [0.25, 0.3) is 5.91 Å². The minimum atomic E-state index is -0.806. The molecule has 1 heterocycles. The molecule has 7 heteroatoms. The van der Waals surface area contributed by atoms with Gasteiger partial charge in [-0.15, -0.1) is 11.3 Å². The Bertz CT molecular complexity index is 961. The van der Waals surface area contributed by atoms with Crippen molar-refractivity contribution >= 4 is 28.8 Å². The Labute approximate surface area is 173 Å². The van der Waals surface area contributed by atoms with Crippen LogP contribution in [0.1, 0.15) is 22.5 Å². The molecule has 3 rings (SSSR count). The SMILES string of the molecule is COc1ccccc1NC(=O)C(CC1=CC=C(O)CC=C1)NC(=O)c1cccs1. The number of carbonyl (C=O) groups is 2. The molecule has 0 radical (unpaired) electrons. The van der Waals surface area contributed by atoms with Crippen LogP contribution in [0.4, 0.5) is 5.69 Å². The smallest absolute Gasteiger partial charge is 0.262 e. The lowest BCUT2D eigenvalue weighted by molar-refractivity contribution is -0.118. The number of para-hydroxylation sites is 2. The van der Waals surface area contributed by atoms with E-state index in [1.165, 1.54) is 18.4 Å². The van der Waals surface area contributed by atoms with E-state index in [0.29, 0.717) is 22.7 Å². The molecule has 1 aromatic heterocycles. The summed E-state index contributed by atoms with van der Waals surface area (Å²) in [6, 6.07) is 9.78. The second kappa shape index (κ2) is 9.75. The van der Waals surface area contributed by atoms with E-state index in [1.54, 1.807) is 42.5 Å². The van der Waals surface area contributed by atoms with Crippen molar-refractivity contribution < 1.29 is 19.4 Å². The third-order valence-electron chi connectivity index (χ3n) is 4.32. The lowest BCUT2D eigenvalue weighted by Crippen LogP contribution is -2.43. The number of thiophene rings is 1. The quantitative estimate of drug-likeness (QED) is 0.638. The number of aliphatic hydroxyl groups is 1. The van der Waals surface area contributed by atoms with Crippen LogP contribution in [0.2, 0.25) is 0 Å². The van der Waals surface area contributed by atoms with E-state index in [-0.39, 0.29) is 24.0 Å². The van der Waals surface area contributed by atoms with Crippen LogP contribution in [-0.2, 0) is 4.79 Å². The summed E-state index contributed by atoms with van der Waals surface area (Å²) in [7, 11) is 1.53. The van der Waals surface area contributed by atoms with Crippen molar-refractivity contribution in [2.75, 3.05) is 12.4 Å². The maximum absolute atomic E-state index is 13.0. The highest BCUT2D eigenvalue weighted by Crippen LogP contribution is 2.24. The Balaban J connectivity index is 1.81. The van der Waals surface area contributed by atoms with Gasteiger partial charge in [0.05, 0.1) is 23.4 Å². The molecule has 1 aromatic carbocycles. The number of rotatable bonds is 7. The number of methoxy groups -OCH3 is 1. The third kappa shape index (κ3) is 5.58. The molecular formula is C22H22N2O4S. The number of allylic oxidation sites excluding steroid dienone is 4. The normalized spacial score (nSPS) is 14.2. The molecule has 0 aliphatic heterocycles. The molecule has 1 aliphatic carbocycles. The Morgan fingerprint density at radius 3 is 2.79 bits per heavy atom. The van der Waals surface area contributed by atoms with Gasteiger partial charge < -0.3 is 20.5 Å². The van der Waals surface area contributed by atoms with Gasteiger partial charge in [-0.2, -0.15) is 0 Å². The van der Waals surface area contributed by atoms with Gasteiger partial charge in [-0.3, -0.25) is 9.59 Å². The first-order chi connectivity index (χ1) is 14.1. The minimum absolute atomic E-state index is 0.244. The predicted octanol–water partition coefficient (Wildman–Crippen LogP) is 4.21. The summed E-state index contributed by atoms with van der Waals surface area (Å²) in [5.74, 6) is 0.113. The molecule has 0 bridgehead atoms. The molecule has 2 amide bonds. The van der Waals surface area contributed by atoms with E-state index in [0.717, 1.165) is 5.57 Å². The molecule has 29 heavy (non-hydrogen) atoms. The molecule has 6 nitrogen and oxygen atoms in total. The summed E-state index contributed by atoms with van der Waals surface area (Å²) in [4.78, 5) is 26.1. The highest BCUT2D eigenvalue weighted by molar-refractivity contribution is 7.12. The number of carbonyl (C=O) groups excluding carboxylic acids is 2. The van der Waals surface area contributed by atoms with Gasteiger partial charge in [0.2, 0.25) is 5.91 Å². The number of hydrogen-bond donors (Lipinski definition) is 3. The zero-order valence-corrected chi connectivity index (χ0v) is 16.7. The molecule has 2 aromatic rings. The summed E-state index contributed by atoms with van der Waals surface area (Å²) in [6.45, 7) is 0. The number of hydrogen-bond acceptors (Lipinski definition) is 5. The van der Waals surface area contributed by atoms with E-state index in [2.05, 4.69) is 10.6 Å². The second-order valence-corrected chi connectivity index (χ2v) is 7.35. The molecule has 1 unspecified atom stereocenters. The number of amides is 2. The van der Waals surface area contributed by atoms with Gasteiger partial charge in [-0.1, -0.05) is 36.4 Å². The third-order valence-corrected chi connectivity index (χ3v) is 5.19. The van der Waals surface area contributed by atoms with Crippen LogP contribution >= 0.6 is 11.3 Å². The lowest BCUT2D eigenvalue weighted by Gasteiger charge is -2.19. The predicted molar refractivity (Wildman–Crippen MR) is 114 cm³/mol. The standard InChI is InChI=1S/C22H22N2O4S/c1-28-19-9-3-2-8-17(19)23-21(26)18(24-22(27)20-10-5-13-29-20)14-15-6-4-7-16(25)12-11-15/h2-6,8-13,18,25H,7,14H2,1H3,(H,23,26)(H,24,27). The molecule has 1 atom stereocenters. The van der Waals surface area contributed by atoms with Crippen molar-refractivity contribution in [2.24, 2.45) is 0 Å². The Morgan fingerprint density at radius 2 is 2.03 bits per heavy atom. The average molecular weight is 410 g/mol. The second-order valence-electron chi connectivity index (χ2n) is 6.40. The summed E-state index contributed by atoms with van der Waals surface area (Å²) in [6.07, 6.45) is 7.73. The minimum Gasteiger partial charge on any atom is -0.512 e. The summed E-state index contributed by atoms with van der Waals surface area (Å²) in [5.41, 5.74) is 1.35. The number of aliphatic hydroxyl groups excluding tert-OH is 1.